The van der Waals surface area contributed by atoms with Crippen LogP contribution in [0.15, 0.2) is 84.9 Å². The Kier molecular flexibility index (Phi) is 8.01. The molecule has 158 valence electrons. The van der Waals surface area contributed by atoms with Gasteiger partial charge in [0, 0.05) is 12.4 Å². The number of nitrogens with one attached hydrogen (secondary N) is 1. The van der Waals surface area contributed by atoms with Gasteiger partial charge in [0.1, 0.15) is 5.78 Å². The van der Waals surface area contributed by atoms with Gasteiger partial charge in [0.2, 0.25) is 0 Å². The van der Waals surface area contributed by atoms with Gasteiger partial charge in [-0.3, -0.25) is 9.88 Å². The average molecular weight is 423 g/mol. The molecule has 1 N–H and O–H groups in total. The third-order valence-electron chi connectivity index (χ3n) is 5.15. The minimum Gasteiger partial charge on any atom is -0.383 e. The summed E-state index contributed by atoms with van der Waals surface area (Å²) in [6.07, 6.45) is 0. The van der Waals surface area contributed by atoms with Crippen molar-refractivity contribution in [3.63, 3.8) is 0 Å². The van der Waals surface area contributed by atoms with E-state index >= 15 is 0 Å². The van der Waals surface area contributed by atoms with E-state index in [1.54, 1.807) is 7.11 Å². The predicted molar refractivity (Wildman–Crippen MR) is 123 cm³/mol. The van der Waals surface area contributed by atoms with Gasteiger partial charge >= 0.3 is 0 Å². The summed E-state index contributed by atoms with van der Waals surface area (Å²) in [6.45, 7) is 4.73. The van der Waals surface area contributed by atoms with Crippen LogP contribution in [-0.4, -0.2) is 20.3 Å². The van der Waals surface area contributed by atoms with Crippen molar-refractivity contribution in [1.82, 2.24) is 5.32 Å². The van der Waals surface area contributed by atoms with Gasteiger partial charge < -0.3 is 9.26 Å². The molecule has 0 fully saturated rings. The van der Waals surface area contributed by atoms with Gasteiger partial charge in [-0.05, 0) is 42.7 Å². The molecule has 5 heteroatoms. The quantitative estimate of drug-likeness (QED) is 0.431. The number of hydrogen-bond acceptors (Lipinski definition) is 4. The lowest BCUT2D eigenvalue weighted by molar-refractivity contribution is 0.164. The highest BCUT2D eigenvalue weighted by atomic mass is 31.2. The zero-order valence-electron chi connectivity index (χ0n) is 17.8. The average Bonchev–Trinajstić information content (AvgIpc) is 2.78. The molecule has 0 spiro atoms. The van der Waals surface area contributed by atoms with Crippen LogP contribution < -0.4 is 10.6 Å². The van der Waals surface area contributed by atoms with Gasteiger partial charge in [-0.2, -0.15) is 0 Å². The van der Waals surface area contributed by atoms with Crippen LogP contribution in [0.2, 0.25) is 0 Å². The Morgan fingerprint density at radius 2 is 1.50 bits per heavy atom. The highest BCUT2D eigenvalue weighted by molar-refractivity contribution is 7.67. The van der Waals surface area contributed by atoms with Gasteiger partial charge in [-0.1, -0.05) is 72.8 Å². The molecule has 0 saturated heterocycles. The molecule has 4 nitrogen and oxygen atoms in total. The van der Waals surface area contributed by atoms with Gasteiger partial charge in [-0.15, -0.1) is 0 Å². The smallest absolute Gasteiger partial charge is 0.252 e. The summed E-state index contributed by atoms with van der Waals surface area (Å²) in [4.78, 5) is 0. The number of aryl methyl sites for hydroxylation is 1. The van der Waals surface area contributed by atoms with Crippen molar-refractivity contribution in [3.8, 4) is 0 Å². The number of hydrogen-bond donors (Lipinski definition) is 1. The number of benzene rings is 3. The first-order valence-electron chi connectivity index (χ1n) is 10.3. The fourth-order valence-electron chi connectivity index (χ4n) is 3.67. The van der Waals surface area contributed by atoms with Crippen LogP contribution in [0.1, 0.15) is 35.4 Å². The van der Waals surface area contributed by atoms with E-state index < -0.39 is 13.2 Å². The minimum atomic E-state index is -3.30. The van der Waals surface area contributed by atoms with E-state index in [2.05, 4.69) is 17.4 Å². The Bertz CT molecular complexity index is 962. The lowest BCUT2D eigenvalue weighted by Crippen LogP contribution is -2.33. The lowest BCUT2D eigenvalue weighted by Gasteiger charge is -2.33. The third kappa shape index (κ3) is 5.08. The normalized spacial score (nSPS) is 15.3. The fourth-order valence-corrected chi connectivity index (χ4v) is 6.27. The standard InChI is InChI=1S/C25H30NO3P/c1-4-29-30(27,22-16-9-6-10-17-22)25(23-18-12-11-13-20(23)2)26-24(19-28-3)21-14-7-5-8-15-21/h5-18,24-26H,4,19H2,1-3H3/t24-,25?,30?/m0/s1. The Hall–Kier alpha value is -2.23. The SMILES string of the molecule is CCOP(=O)(c1ccccc1)C(N[C@@H](COC)c1ccccc1)c1ccccc1C. The highest BCUT2D eigenvalue weighted by Crippen LogP contribution is 2.58. The lowest BCUT2D eigenvalue weighted by atomic mass is 10.1. The third-order valence-corrected chi connectivity index (χ3v) is 7.92. The summed E-state index contributed by atoms with van der Waals surface area (Å²) in [5.41, 5.74) is 3.11. The summed E-state index contributed by atoms with van der Waals surface area (Å²) in [5.74, 6) is -0.513. The van der Waals surface area contributed by atoms with E-state index in [0.29, 0.717) is 18.5 Å². The van der Waals surface area contributed by atoms with E-state index in [-0.39, 0.29) is 6.04 Å². The fraction of sp³-hybridized carbons (Fsp3) is 0.280. The van der Waals surface area contributed by atoms with Crippen molar-refractivity contribution in [2.24, 2.45) is 0 Å². The first kappa shape index (κ1) is 22.5. The van der Waals surface area contributed by atoms with Gasteiger partial charge in [-0.25, -0.2) is 0 Å². The molecule has 3 rings (SSSR count). The number of ether oxygens (including phenoxy) is 1. The van der Waals surface area contributed by atoms with Crippen molar-refractivity contribution < 1.29 is 13.8 Å². The molecule has 0 radical (unpaired) electrons. The van der Waals surface area contributed by atoms with E-state index in [4.69, 9.17) is 9.26 Å². The molecule has 3 atom stereocenters. The van der Waals surface area contributed by atoms with E-state index in [0.717, 1.165) is 16.7 Å². The van der Waals surface area contributed by atoms with Gasteiger partial charge in [0.05, 0.1) is 19.3 Å². The molecule has 3 aromatic rings. The molecule has 2 unspecified atom stereocenters. The second kappa shape index (κ2) is 10.7. The van der Waals surface area contributed by atoms with Crippen LogP contribution in [0.5, 0.6) is 0 Å². The summed E-state index contributed by atoms with van der Waals surface area (Å²) in [7, 11) is -1.62. The Balaban J connectivity index is 2.12. The van der Waals surface area contributed by atoms with Crippen molar-refractivity contribution in [3.05, 3.63) is 102 Å². The number of methoxy groups -OCH3 is 1. The molecule has 0 aromatic heterocycles. The van der Waals surface area contributed by atoms with Crippen molar-refractivity contribution >= 4 is 12.7 Å². The van der Waals surface area contributed by atoms with Crippen LogP contribution in [-0.2, 0) is 13.8 Å². The molecule has 3 aromatic carbocycles. The summed E-state index contributed by atoms with van der Waals surface area (Å²) in [5, 5.41) is 4.34. The van der Waals surface area contributed by atoms with Crippen LogP contribution in [0, 0.1) is 6.92 Å². The van der Waals surface area contributed by atoms with Crippen molar-refractivity contribution in [2.75, 3.05) is 20.3 Å². The molecule has 0 aliphatic rings. The maximum Gasteiger partial charge on any atom is 0.252 e. The highest BCUT2D eigenvalue weighted by Gasteiger charge is 2.39. The van der Waals surface area contributed by atoms with Crippen molar-refractivity contribution in [1.29, 1.82) is 0 Å². The predicted octanol–water partition coefficient (Wildman–Crippen LogP) is 5.61. The summed E-state index contributed by atoms with van der Waals surface area (Å²) < 4.78 is 26.1. The topological polar surface area (TPSA) is 47.6 Å². The summed E-state index contributed by atoms with van der Waals surface area (Å²) >= 11 is 0. The van der Waals surface area contributed by atoms with Gasteiger partial charge in [0.25, 0.3) is 7.37 Å². The Labute approximate surface area is 179 Å². The van der Waals surface area contributed by atoms with Gasteiger partial charge in [0.15, 0.2) is 0 Å². The molecular formula is C25H30NO3P. The molecule has 0 aliphatic carbocycles. The van der Waals surface area contributed by atoms with E-state index in [1.807, 2.05) is 86.6 Å². The zero-order chi connectivity index (χ0) is 21.4. The van der Waals surface area contributed by atoms with Crippen LogP contribution >= 0.6 is 7.37 Å². The largest absolute Gasteiger partial charge is 0.383 e. The molecular weight excluding hydrogens is 393 g/mol. The molecule has 0 heterocycles. The monoisotopic (exact) mass is 423 g/mol. The maximum atomic E-state index is 14.5. The molecule has 0 amide bonds. The second-order valence-corrected chi connectivity index (χ2v) is 9.68. The summed E-state index contributed by atoms with van der Waals surface area (Å²) in [6, 6.07) is 27.5. The Morgan fingerprint density at radius 3 is 2.10 bits per heavy atom. The van der Waals surface area contributed by atoms with E-state index in [1.165, 1.54) is 0 Å². The maximum absolute atomic E-state index is 14.5. The minimum absolute atomic E-state index is 0.140. The zero-order valence-corrected chi connectivity index (χ0v) is 18.7. The second-order valence-electron chi connectivity index (χ2n) is 7.19. The van der Waals surface area contributed by atoms with Crippen molar-refractivity contribution in [2.45, 2.75) is 25.7 Å². The molecule has 0 saturated carbocycles. The Morgan fingerprint density at radius 1 is 0.900 bits per heavy atom. The number of rotatable bonds is 10. The first-order valence-corrected chi connectivity index (χ1v) is 11.9. The van der Waals surface area contributed by atoms with Crippen LogP contribution in [0.25, 0.3) is 0 Å². The molecule has 0 bridgehead atoms. The van der Waals surface area contributed by atoms with Crippen LogP contribution in [0.3, 0.4) is 0 Å². The van der Waals surface area contributed by atoms with E-state index in [9.17, 15) is 4.57 Å². The first-order chi connectivity index (χ1) is 14.6. The molecule has 30 heavy (non-hydrogen) atoms. The molecule has 0 aliphatic heterocycles. The van der Waals surface area contributed by atoms with Crippen LogP contribution in [0.4, 0.5) is 0 Å².